The fourth-order valence-electron chi connectivity index (χ4n) is 3.57. The number of hydrogen-bond acceptors (Lipinski definition) is 4. The summed E-state index contributed by atoms with van der Waals surface area (Å²) in [6.07, 6.45) is 6.00. The number of amides is 1. The minimum atomic E-state index is -0.142. The maximum absolute atomic E-state index is 12.7. The van der Waals surface area contributed by atoms with E-state index in [4.69, 9.17) is 9.47 Å². The summed E-state index contributed by atoms with van der Waals surface area (Å²) >= 11 is 0. The summed E-state index contributed by atoms with van der Waals surface area (Å²) in [6.45, 7) is 2.85. The third-order valence-electron chi connectivity index (χ3n) is 4.86. The van der Waals surface area contributed by atoms with Crippen LogP contribution in [0, 0.1) is 5.92 Å². The molecule has 2 saturated heterocycles. The number of carbonyl (C=O) groups is 1. The number of para-hydroxylation sites is 1. The van der Waals surface area contributed by atoms with Gasteiger partial charge < -0.3 is 14.4 Å². The normalized spacial score (nSPS) is 21.6. The quantitative estimate of drug-likeness (QED) is 0.854. The van der Waals surface area contributed by atoms with Crippen molar-refractivity contribution >= 4 is 5.91 Å². The smallest absolute Gasteiger partial charge is 0.227 e. The largest absolute Gasteiger partial charge is 0.350 e. The van der Waals surface area contributed by atoms with Crippen LogP contribution in [0.5, 0.6) is 0 Å². The van der Waals surface area contributed by atoms with Gasteiger partial charge in [0.25, 0.3) is 0 Å². The monoisotopic (exact) mass is 341 g/mol. The summed E-state index contributed by atoms with van der Waals surface area (Å²) in [5.41, 5.74) is 1.93. The van der Waals surface area contributed by atoms with Crippen molar-refractivity contribution in [2.24, 2.45) is 5.92 Å². The van der Waals surface area contributed by atoms with Gasteiger partial charge in [-0.3, -0.25) is 4.79 Å². The molecule has 0 radical (unpaired) electrons. The molecular weight excluding hydrogens is 318 g/mol. The van der Waals surface area contributed by atoms with Gasteiger partial charge in [-0.25, -0.2) is 4.68 Å². The van der Waals surface area contributed by atoms with E-state index < -0.39 is 0 Å². The van der Waals surface area contributed by atoms with Crippen LogP contribution in [-0.4, -0.2) is 53.2 Å². The lowest BCUT2D eigenvalue weighted by Crippen LogP contribution is -2.44. The van der Waals surface area contributed by atoms with Crippen molar-refractivity contribution in [2.75, 3.05) is 26.3 Å². The number of ether oxygens (including phenoxy) is 2. The van der Waals surface area contributed by atoms with Gasteiger partial charge >= 0.3 is 0 Å². The van der Waals surface area contributed by atoms with Gasteiger partial charge in [0.15, 0.2) is 6.29 Å². The number of piperidine rings is 1. The molecule has 0 saturated carbocycles. The van der Waals surface area contributed by atoms with E-state index in [1.165, 1.54) is 0 Å². The molecule has 1 atom stereocenters. The van der Waals surface area contributed by atoms with Crippen LogP contribution in [0.2, 0.25) is 0 Å². The van der Waals surface area contributed by atoms with Crippen LogP contribution in [0.25, 0.3) is 5.69 Å². The summed E-state index contributed by atoms with van der Waals surface area (Å²) in [6, 6.07) is 9.92. The van der Waals surface area contributed by atoms with Crippen LogP contribution in [-0.2, 0) is 20.7 Å². The van der Waals surface area contributed by atoms with Crippen LogP contribution >= 0.6 is 0 Å². The highest BCUT2D eigenvalue weighted by atomic mass is 16.7. The Hall–Kier alpha value is -2.18. The zero-order chi connectivity index (χ0) is 17.1. The molecule has 132 valence electrons. The first-order chi connectivity index (χ1) is 12.3. The van der Waals surface area contributed by atoms with E-state index in [0.717, 1.165) is 37.2 Å². The number of hydrogen-bond donors (Lipinski definition) is 0. The van der Waals surface area contributed by atoms with Crippen molar-refractivity contribution in [3.8, 4) is 5.69 Å². The highest BCUT2D eigenvalue weighted by Gasteiger charge is 2.32. The van der Waals surface area contributed by atoms with Crippen molar-refractivity contribution in [3.05, 3.63) is 48.3 Å². The highest BCUT2D eigenvalue weighted by molar-refractivity contribution is 5.78. The molecule has 25 heavy (non-hydrogen) atoms. The van der Waals surface area contributed by atoms with Crippen LogP contribution < -0.4 is 0 Å². The molecule has 6 heteroatoms. The molecule has 0 spiro atoms. The molecule has 2 fully saturated rings. The van der Waals surface area contributed by atoms with E-state index in [0.29, 0.717) is 19.6 Å². The van der Waals surface area contributed by atoms with Gasteiger partial charge in [0.1, 0.15) is 0 Å². The Morgan fingerprint density at radius 3 is 2.80 bits per heavy atom. The van der Waals surface area contributed by atoms with Gasteiger partial charge in [-0.1, -0.05) is 18.2 Å². The Bertz CT molecular complexity index is 710. The zero-order valence-electron chi connectivity index (χ0n) is 14.2. The molecule has 6 nitrogen and oxygen atoms in total. The number of likely N-dealkylation sites (tertiary alicyclic amines) is 1. The van der Waals surface area contributed by atoms with E-state index in [9.17, 15) is 4.79 Å². The highest BCUT2D eigenvalue weighted by Crippen LogP contribution is 2.25. The van der Waals surface area contributed by atoms with E-state index in [-0.39, 0.29) is 18.1 Å². The van der Waals surface area contributed by atoms with Gasteiger partial charge in [0, 0.05) is 25.2 Å². The molecule has 1 amide bonds. The van der Waals surface area contributed by atoms with Gasteiger partial charge in [0.05, 0.1) is 31.5 Å². The fraction of sp³-hybridized carbons (Fsp3) is 0.474. The number of aromatic nitrogens is 2. The Balaban J connectivity index is 1.37. The molecule has 0 aliphatic carbocycles. The van der Waals surface area contributed by atoms with Crippen LogP contribution in [0.15, 0.2) is 42.7 Å². The topological polar surface area (TPSA) is 56.6 Å². The second-order valence-corrected chi connectivity index (χ2v) is 6.66. The lowest BCUT2D eigenvalue weighted by molar-refractivity contribution is -0.138. The lowest BCUT2D eigenvalue weighted by atomic mass is 9.97. The minimum Gasteiger partial charge on any atom is -0.350 e. The Kier molecular flexibility index (Phi) is 4.81. The molecule has 0 bridgehead atoms. The van der Waals surface area contributed by atoms with Crippen molar-refractivity contribution in [1.29, 1.82) is 0 Å². The standard InChI is InChI=1S/C19H23N3O3/c23-18(21-8-4-5-16(14-21)19-24-9-10-25-19)11-15-12-20-22(13-15)17-6-2-1-3-7-17/h1-3,6-7,12-13,16,19H,4-5,8-11,14H2. The van der Waals surface area contributed by atoms with Gasteiger partial charge in [-0.2, -0.15) is 5.10 Å². The first kappa shape index (κ1) is 16.3. The van der Waals surface area contributed by atoms with Crippen molar-refractivity contribution < 1.29 is 14.3 Å². The number of benzene rings is 1. The Morgan fingerprint density at radius 2 is 2.00 bits per heavy atom. The average molecular weight is 341 g/mol. The van der Waals surface area contributed by atoms with Crippen LogP contribution in [0.1, 0.15) is 18.4 Å². The van der Waals surface area contributed by atoms with Gasteiger partial charge in [0.2, 0.25) is 5.91 Å². The fourth-order valence-corrected chi connectivity index (χ4v) is 3.57. The molecule has 4 rings (SSSR count). The zero-order valence-corrected chi connectivity index (χ0v) is 14.2. The second-order valence-electron chi connectivity index (χ2n) is 6.66. The molecular formula is C19H23N3O3. The molecule has 1 aromatic heterocycles. The van der Waals surface area contributed by atoms with Gasteiger partial charge in [-0.15, -0.1) is 0 Å². The van der Waals surface area contributed by atoms with Crippen molar-refractivity contribution in [1.82, 2.24) is 14.7 Å². The van der Waals surface area contributed by atoms with E-state index in [1.807, 2.05) is 46.1 Å². The minimum absolute atomic E-state index is 0.142. The maximum Gasteiger partial charge on any atom is 0.227 e. The summed E-state index contributed by atoms with van der Waals surface area (Å²) in [5, 5.41) is 4.37. The first-order valence-corrected chi connectivity index (χ1v) is 8.89. The molecule has 3 heterocycles. The summed E-state index contributed by atoms with van der Waals surface area (Å²) < 4.78 is 13.0. The number of nitrogens with zero attached hydrogens (tertiary/aromatic N) is 3. The summed E-state index contributed by atoms with van der Waals surface area (Å²) in [4.78, 5) is 14.6. The van der Waals surface area contributed by atoms with E-state index in [2.05, 4.69) is 5.10 Å². The Labute approximate surface area is 147 Å². The van der Waals surface area contributed by atoms with Crippen LogP contribution in [0.3, 0.4) is 0 Å². The van der Waals surface area contributed by atoms with Crippen LogP contribution in [0.4, 0.5) is 0 Å². The summed E-state index contributed by atoms with van der Waals surface area (Å²) in [7, 11) is 0. The van der Waals surface area contributed by atoms with E-state index >= 15 is 0 Å². The van der Waals surface area contributed by atoms with E-state index in [1.54, 1.807) is 6.20 Å². The average Bonchev–Trinajstić information content (AvgIpc) is 3.35. The number of rotatable bonds is 4. The second kappa shape index (κ2) is 7.37. The molecule has 0 N–H and O–H groups in total. The molecule has 1 unspecified atom stereocenters. The number of carbonyl (C=O) groups excluding carboxylic acids is 1. The SMILES string of the molecule is O=C(Cc1cnn(-c2ccccc2)c1)N1CCCC(C2OCCO2)C1. The Morgan fingerprint density at radius 1 is 1.20 bits per heavy atom. The predicted molar refractivity (Wildman–Crippen MR) is 92.3 cm³/mol. The third kappa shape index (κ3) is 3.75. The van der Waals surface area contributed by atoms with Crippen molar-refractivity contribution in [2.45, 2.75) is 25.6 Å². The first-order valence-electron chi connectivity index (χ1n) is 8.89. The molecule has 2 aromatic rings. The molecule has 2 aliphatic rings. The summed E-state index contributed by atoms with van der Waals surface area (Å²) in [5.74, 6) is 0.433. The maximum atomic E-state index is 12.7. The van der Waals surface area contributed by atoms with Crippen molar-refractivity contribution in [3.63, 3.8) is 0 Å². The predicted octanol–water partition coefficient (Wildman–Crippen LogP) is 2.03. The lowest BCUT2D eigenvalue weighted by Gasteiger charge is -2.34. The van der Waals surface area contributed by atoms with Gasteiger partial charge in [-0.05, 0) is 30.5 Å². The molecule has 1 aromatic carbocycles. The molecule has 2 aliphatic heterocycles. The third-order valence-corrected chi connectivity index (χ3v) is 4.86.